The van der Waals surface area contributed by atoms with Crippen molar-refractivity contribution < 1.29 is 0 Å². The summed E-state index contributed by atoms with van der Waals surface area (Å²) < 4.78 is 0. The third-order valence-electron chi connectivity index (χ3n) is 3.36. The molecule has 0 amide bonds. The van der Waals surface area contributed by atoms with Gasteiger partial charge in [-0.2, -0.15) is 10.2 Å². The van der Waals surface area contributed by atoms with E-state index in [1.165, 1.54) is 0 Å². The Morgan fingerprint density at radius 1 is 0.741 bits per heavy atom. The number of hydrogen-bond donors (Lipinski definition) is 2. The van der Waals surface area contributed by atoms with Crippen molar-refractivity contribution in [1.82, 2.24) is 9.97 Å². The first-order valence-electron chi connectivity index (χ1n) is 8.12. The van der Waals surface area contributed by atoms with Crippen molar-refractivity contribution in [3.05, 3.63) is 60.2 Å². The SMILES string of the molecule is Br.C/C(CC/C(C)=N/N=C(\N)c1ccccn1)=N\N=C(/N)c1ccccn1. The van der Waals surface area contributed by atoms with Gasteiger partial charge in [-0.05, 0) is 51.0 Å². The molecule has 0 bridgehead atoms. The molecule has 0 radical (unpaired) electrons. The second-order valence-corrected chi connectivity index (χ2v) is 5.57. The molecule has 2 heterocycles. The van der Waals surface area contributed by atoms with Crippen LogP contribution in [0.4, 0.5) is 0 Å². The largest absolute Gasteiger partial charge is 0.380 e. The molecule has 0 saturated heterocycles. The number of halogens is 1. The average Bonchev–Trinajstić information content (AvgIpc) is 2.69. The van der Waals surface area contributed by atoms with Gasteiger partial charge in [0.05, 0.1) is 0 Å². The minimum absolute atomic E-state index is 0. The molecule has 2 aromatic rings. The second-order valence-electron chi connectivity index (χ2n) is 5.57. The lowest BCUT2D eigenvalue weighted by Gasteiger charge is -2.00. The molecule has 0 aromatic carbocycles. The van der Waals surface area contributed by atoms with E-state index >= 15 is 0 Å². The van der Waals surface area contributed by atoms with Gasteiger partial charge in [0.1, 0.15) is 11.4 Å². The van der Waals surface area contributed by atoms with E-state index in [2.05, 4.69) is 30.4 Å². The van der Waals surface area contributed by atoms with E-state index in [4.69, 9.17) is 11.5 Å². The standard InChI is InChI=1S/C18H22N8.BrH/c1-13(23-25-17(19)15-7-3-5-11-21-15)9-10-14(2)24-26-18(20)16-8-4-6-12-22-16;/h3-8,11-12H,9-10H2,1-2H3,(H2,19,25)(H2,20,26);1H/b23-13+,24-14+;. The molecule has 0 aliphatic heterocycles. The van der Waals surface area contributed by atoms with Crippen LogP contribution in [0.3, 0.4) is 0 Å². The molecule has 0 atom stereocenters. The summed E-state index contributed by atoms with van der Waals surface area (Å²) in [6.45, 7) is 3.77. The average molecular weight is 431 g/mol. The third-order valence-corrected chi connectivity index (χ3v) is 3.36. The molecule has 9 heteroatoms. The Bertz CT molecular complexity index is 757. The molecule has 8 nitrogen and oxygen atoms in total. The van der Waals surface area contributed by atoms with Gasteiger partial charge in [-0.25, -0.2) is 0 Å². The van der Waals surface area contributed by atoms with Gasteiger partial charge in [0.25, 0.3) is 0 Å². The van der Waals surface area contributed by atoms with Crippen LogP contribution in [0, 0.1) is 0 Å². The highest BCUT2D eigenvalue weighted by Gasteiger charge is 2.00. The summed E-state index contributed by atoms with van der Waals surface area (Å²) in [7, 11) is 0. The molecule has 2 rings (SSSR count). The fourth-order valence-corrected chi connectivity index (χ4v) is 1.87. The number of amidine groups is 2. The van der Waals surface area contributed by atoms with Crippen LogP contribution in [-0.2, 0) is 0 Å². The summed E-state index contributed by atoms with van der Waals surface area (Å²) in [6, 6.07) is 10.9. The monoisotopic (exact) mass is 430 g/mol. The number of rotatable bonds is 7. The predicted octanol–water partition coefficient (Wildman–Crippen LogP) is 2.70. The molecule has 0 unspecified atom stereocenters. The smallest absolute Gasteiger partial charge is 0.171 e. The lowest BCUT2D eigenvalue weighted by Crippen LogP contribution is -2.14. The van der Waals surface area contributed by atoms with Crippen molar-refractivity contribution in [2.24, 2.45) is 31.9 Å². The van der Waals surface area contributed by atoms with Gasteiger partial charge in [-0.3, -0.25) is 9.97 Å². The van der Waals surface area contributed by atoms with E-state index in [9.17, 15) is 0 Å². The van der Waals surface area contributed by atoms with Gasteiger partial charge in [0.15, 0.2) is 11.7 Å². The van der Waals surface area contributed by atoms with Crippen molar-refractivity contribution in [2.45, 2.75) is 26.7 Å². The van der Waals surface area contributed by atoms with Crippen LogP contribution in [0.25, 0.3) is 0 Å². The fourth-order valence-electron chi connectivity index (χ4n) is 1.87. The first kappa shape index (κ1) is 22.1. The minimum atomic E-state index is 0. The quantitative estimate of drug-likeness (QED) is 0.397. The lowest BCUT2D eigenvalue weighted by molar-refractivity contribution is 1.06. The van der Waals surface area contributed by atoms with Crippen LogP contribution < -0.4 is 11.5 Å². The number of nitrogens with zero attached hydrogens (tertiary/aromatic N) is 6. The van der Waals surface area contributed by atoms with Gasteiger partial charge < -0.3 is 11.5 Å². The van der Waals surface area contributed by atoms with Crippen molar-refractivity contribution in [1.29, 1.82) is 0 Å². The number of nitrogens with two attached hydrogens (primary N) is 2. The zero-order valence-electron chi connectivity index (χ0n) is 15.3. The number of pyridine rings is 2. The van der Waals surface area contributed by atoms with E-state index in [0.717, 1.165) is 11.4 Å². The zero-order chi connectivity index (χ0) is 18.8. The van der Waals surface area contributed by atoms with E-state index in [1.807, 2.05) is 38.1 Å². The summed E-state index contributed by atoms with van der Waals surface area (Å²) in [5, 5.41) is 16.3. The maximum Gasteiger partial charge on any atom is 0.171 e. The van der Waals surface area contributed by atoms with Gasteiger partial charge in [0.2, 0.25) is 0 Å². The second kappa shape index (κ2) is 11.6. The van der Waals surface area contributed by atoms with Crippen molar-refractivity contribution in [2.75, 3.05) is 0 Å². The molecular weight excluding hydrogens is 408 g/mol. The molecule has 2 aromatic heterocycles. The van der Waals surface area contributed by atoms with Gasteiger partial charge in [-0.1, -0.05) is 12.1 Å². The van der Waals surface area contributed by atoms with Crippen LogP contribution in [0.5, 0.6) is 0 Å². The topological polar surface area (TPSA) is 127 Å². The van der Waals surface area contributed by atoms with E-state index in [-0.39, 0.29) is 28.7 Å². The molecule has 0 spiro atoms. The molecule has 4 N–H and O–H groups in total. The van der Waals surface area contributed by atoms with Crippen molar-refractivity contribution >= 4 is 40.1 Å². The van der Waals surface area contributed by atoms with Crippen LogP contribution >= 0.6 is 17.0 Å². The van der Waals surface area contributed by atoms with Crippen LogP contribution in [0.15, 0.2) is 69.2 Å². The van der Waals surface area contributed by atoms with Gasteiger partial charge >= 0.3 is 0 Å². The van der Waals surface area contributed by atoms with Crippen molar-refractivity contribution in [3.63, 3.8) is 0 Å². The normalized spacial score (nSPS) is 13.3. The maximum atomic E-state index is 5.85. The summed E-state index contributed by atoms with van der Waals surface area (Å²) in [4.78, 5) is 8.24. The molecule has 0 saturated carbocycles. The molecule has 0 aliphatic carbocycles. The first-order valence-corrected chi connectivity index (χ1v) is 8.12. The highest BCUT2D eigenvalue weighted by atomic mass is 79.9. The summed E-state index contributed by atoms with van der Waals surface area (Å²) in [5.74, 6) is 0.561. The first-order chi connectivity index (χ1) is 12.6. The Kier molecular flexibility index (Phi) is 9.52. The molecule has 27 heavy (non-hydrogen) atoms. The molecule has 0 fully saturated rings. The van der Waals surface area contributed by atoms with Crippen molar-refractivity contribution in [3.8, 4) is 0 Å². The number of aromatic nitrogens is 2. The Balaban J connectivity index is 0.00000364. The Morgan fingerprint density at radius 3 is 1.48 bits per heavy atom. The predicted molar refractivity (Wildman–Crippen MR) is 116 cm³/mol. The van der Waals surface area contributed by atoms with E-state index in [1.54, 1.807) is 24.5 Å². The van der Waals surface area contributed by atoms with Gasteiger partial charge in [0, 0.05) is 23.8 Å². The number of hydrogen-bond acceptors (Lipinski definition) is 6. The highest BCUT2D eigenvalue weighted by Crippen LogP contribution is 2.00. The molecule has 142 valence electrons. The highest BCUT2D eigenvalue weighted by molar-refractivity contribution is 8.93. The van der Waals surface area contributed by atoms with E-state index in [0.29, 0.717) is 24.2 Å². The summed E-state index contributed by atoms with van der Waals surface area (Å²) in [5.41, 5.74) is 14.6. The summed E-state index contributed by atoms with van der Waals surface area (Å²) in [6.07, 6.45) is 4.69. The maximum absolute atomic E-state index is 5.85. The van der Waals surface area contributed by atoms with Crippen LogP contribution in [0.1, 0.15) is 38.1 Å². The van der Waals surface area contributed by atoms with Crippen LogP contribution in [-0.4, -0.2) is 33.1 Å². The van der Waals surface area contributed by atoms with Gasteiger partial charge in [-0.15, -0.1) is 27.2 Å². The summed E-state index contributed by atoms with van der Waals surface area (Å²) >= 11 is 0. The third kappa shape index (κ3) is 7.87. The van der Waals surface area contributed by atoms with E-state index < -0.39 is 0 Å². The Labute approximate surface area is 169 Å². The molecule has 0 aliphatic rings. The Morgan fingerprint density at radius 2 is 1.15 bits per heavy atom. The van der Waals surface area contributed by atoms with Crippen LogP contribution in [0.2, 0.25) is 0 Å². The molecular formula is C18H23BrN8. The zero-order valence-corrected chi connectivity index (χ0v) is 17.0. The minimum Gasteiger partial charge on any atom is -0.380 e. The Hall–Kier alpha value is -2.94. The lowest BCUT2D eigenvalue weighted by atomic mass is 10.2. The fraction of sp³-hybridized carbons (Fsp3) is 0.222.